The van der Waals surface area contributed by atoms with Crippen LogP contribution < -0.4 is 0 Å². The van der Waals surface area contributed by atoms with Crippen LogP contribution in [0.1, 0.15) is 47.0 Å². The summed E-state index contributed by atoms with van der Waals surface area (Å²) in [6.07, 6.45) is 3.50. The van der Waals surface area contributed by atoms with Crippen molar-refractivity contribution in [3.63, 3.8) is 0 Å². The highest BCUT2D eigenvalue weighted by Gasteiger charge is 2.76. The molecule has 2 aliphatic rings. The average Bonchev–Trinajstić information content (AvgIpc) is 2.74. The van der Waals surface area contributed by atoms with Crippen LogP contribution in [0.2, 0.25) is 0 Å². The quantitative estimate of drug-likeness (QED) is 0.582. The lowest BCUT2D eigenvalue weighted by Crippen LogP contribution is -2.29. The van der Waals surface area contributed by atoms with E-state index in [0.717, 1.165) is 6.42 Å². The van der Waals surface area contributed by atoms with Gasteiger partial charge < -0.3 is 4.74 Å². The van der Waals surface area contributed by atoms with Crippen molar-refractivity contribution in [2.75, 3.05) is 0 Å². The Labute approximate surface area is 79.7 Å². The Morgan fingerprint density at radius 3 is 2.15 bits per heavy atom. The minimum atomic E-state index is -0.335. The molecule has 0 radical (unpaired) electrons. The summed E-state index contributed by atoms with van der Waals surface area (Å²) in [6.45, 7) is 7.83. The molecule has 2 nitrogen and oxygen atoms in total. The molecular weight excluding hydrogens is 164 g/mol. The summed E-state index contributed by atoms with van der Waals surface area (Å²) in [7, 11) is 0. The Morgan fingerprint density at radius 2 is 1.85 bits per heavy atom. The third kappa shape index (κ3) is 1.27. The maximum atomic E-state index is 11.8. The molecule has 0 aromatic carbocycles. The molecule has 2 heteroatoms. The molecule has 1 atom stereocenters. The molecule has 13 heavy (non-hydrogen) atoms. The Kier molecular flexibility index (Phi) is 1.46. The van der Waals surface area contributed by atoms with Crippen molar-refractivity contribution in [1.29, 1.82) is 0 Å². The van der Waals surface area contributed by atoms with Crippen LogP contribution in [0, 0.1) is 10.8 Å². The van der Waals surface area contributed by atoms with Crippen molar-refractivity contribution in [3.05, 3.63) is 0 Å². The average molecular weight is 182 g/mol. The van der Waals surface area contributed by atoms with Crippen molar-refractivity contribution in [1.82, 2.24) is 0 Å². The maximum Gasteiger partial charge on any atom is 0.312 e. The zero-order chi connectivity index (χ0) is 9.91. The SMILES string of the molecule is CC(C)(C)OC(=O)C1(C)CC12CC2. The Morgan fingerprint density at radius 1 is 1.31 bits per heavy atom. The van der Waals surface area contributed by atoms with Gasteiger partial charge in [0.15, 0.2) is 0 Å². The van der Waals surface area contributed by atoms with Crippen LogP contribution in [0.15, 0.2) is 0 Å². The molecule has 0 bridgehead atoms. The zero-order valence-electron chi connectivity index (χ0n) is 8.94. The van der Waals surface area contributed by atoms with Gasteiger partial charge in [0.05, 0.1) is 5.41 Å². The topological polar surface area (TPSA) is 26.3 Å². The van der Waals surface area contributed by atoms with Crippen molar-refractivity contribution in [2.24, 2.45) is 10.8 Å². The van der Waals surface area contributed by atoms with Gasteiger partial charge in [-0.2, -0.15) is 0 Å². The summed E-state index contributed by atoms with van der Waals surface area (Å²) in [6, 6.07) is 0. The molecule has 0 amide bonds. The van der Waals surface area contributed by atoms with Gasteiger partial charge in [-0.05, 0) is 52.4 Å². The van der Waals surface area contributed by atoms with E-state index in [1.165, 1.54) is 12.8 Å². The van der Waals surface area contributed by atoms with Gasteiger partial charge in [-0.15, -0.1) is 0 Å². The van der Waals surface area contributed by atoms with Gasteiger partial charge in [-0.25, -0.2) is 0 Å². The fraction of sp³-hybridized carbons (Fsp3) is 0.909. The molecule has 2 fully saturated rings. The van der Waals surface area contributed by atoms with Gasteiger partial charge in [0.1, 0.15) is 5.60 Å². The molecule has 2 saturated carbocycles. The normalized spacial score (nSPS) is 34.5. The predicted molar refractivity (Wildman–Crippen MR) is 50.2 cm³/mol. The Balaban J connectivity index is 1.99. The molecule has 0 aliphatic heterocycles. The van der Waals surface area contributed by atoms with E-state index in [0.29, 0.717) is 5.41 Å². The fourth-order valence-corrected chi connectivity index (χ4v) is 2.19. The minimum absolute atomic E-state index is 0.0116. The van der Waals surface area contributed by atoms with E-state index in [2.05, 4.69) is 0 Å². The van der Waals surface area contributed by atoms with Crippen molar-refractivity contribution >= 4 is 5.97 Å². The second kappa shape index (κ2) is 2.10. The highest BCUT2D eigenvalue weighted by atomic mass is 16.6. The first-order valence-electron chi connectivity index (χ1n) is 5.03. The first kappa shape index (κ1) is 9.04. The molecule has 2 aliphatic carbocycles. The first-order valence-corrected chi connectivity index (χ1v) is 5.03. The van der Waals surface area contributed by atoms with E-state index >= 15 is 0 Å². The van der Waals surface area contributed by atoms with Gasteiger partial charge in [0.2, 0.25) is 0 Å². The van der Waals surface area contributed by atoms with E-state index < -0.39 is 0 Å². The summed E-state index contributed by atoms with van der Waals surface area (Å²) in [5.74, 6) is 0.0116. The fourth-order valence-electron chi connectivity index (χ4n) is 2.19. The van der Waals surface area contributed by atoms with E-state index in [9.17, 15) is 4.79 Å². The zero-order valence-corrected chi connectivity index (χ0v) is 8.94. The Bertz CT molecular complexity index is 258. The monoisotopic (exact) mass is 182 g/mol. The molecular formula is C11H18O2. The Hall–Kier alpha value is -0.530. The van der Waals surface area contributed by atoms with Crippen LogP contribution in [0.4, 0.5) is 0 Å². The van der Waals surface area contributed by atoms with Gasteiger partial charge in [0, 0.05) is 0 Å². The van der Waals surface area contributed by atoms with Crippen LogP contribution in [0.25, 0.3) is 0 Å². The van der Waals surface area contributed by atoms with Crippen LogP contribution >= 0.6 is 0 Å². The molecule has 0 heterocycles. The number of ether oxygens (including phenoxy) is 1. The third-order valence-electron chi connectivity index (χ3n) is 3.44. The second-order valence-corrected chi connectivity index (χ2v) is 5.79. The summed E-state index contributed by atoms with van der Waals surface area (Å²) in [5, 5.41) is 0. The van der Waals surface area contributed by atoms with E-state index in [1.807, 2.05) is 27.7 Å². The van der Waals surface area contributed by atoms with Crippen LogP contribution in [-0.2, 0) is 9.53 Å². The van der Waals surface area contributed by atoms with E-state index in [-0.39, 0.29) is 17.0 Å². The number of hydrogen-bond donors (Lipinski definition) is 0. The number of carbonyl (C=O) groups is 1. The number of hydrogen-bond acceptors (Lipinski definition) is 2. The first-order chi connectivity index (χ1) is 5.79. The second-order valence-electron chi connectivity index (χ2n) is 5.79. The van der Waals surface area contributed by atoms with E-state index in [1.54, 1.807) is 0 Å². The highest BCUT2D eigenvalue weighted by molar-refractivity contribution is 5.82. The number of carbonyl (C=O) groups excluding carboxylic acids is 1. The molecule has 74 valence electrons. The summed E-state index contributed by atoms with van der Waals surface area (Å²) >= 11 is 0. The molecule has 0 aromatic rings. The van der Waals surface area contributed by atoms with Crippen LogP contribution in [0.3, 0.4) is 0 Å². The number of esters is 1. The highest BCUT2D eigenvalue weighted by Crippen LogP contribution is 2.78. The summed E-state index contributed by atoms with van der Waals surface area (Å²) in [4.78, 5) is 11.8. The smallest absolute Gasteiger partial charge is 0.312 e. The predicted octanol–water partition coefficient (Wildman–Crippen LogP) is 2.52. The largest absolute Gasteiger partial charge is 0.460 e. The summed E-state index contributed by atoms with van der Waals surface area (Å²) < 4.78 is 5.40. The van der Waals surface area contributed by atoms with Gasteiger partial charge in [-0.3, -0.25) is 4.79 Å². The molecule has 1 spiro atoms. The molecule has 0 aromatic heterocycles. The molecule has 0 N–H and O–H groups in total. The van der Waals surface area contributed by atoms with Crippen LogP contribution in [0.5, 0.6) is 0 Å². The van der Waals surface area contributed by atoms with Crippen molar-refractivity contribution in [2.45, 2.75) is 52.6 Å². The maximum absolute atomic E-state index is 11.8. The van der Waals surface area contributed by atoms with Gasteiger partial charge in [-0.1, -0.05) is 0 Å². The van der Waals surface area contributed by atoms with Gasteiger partial charge >= 0.3 is 5.97 Å². The van der Waals surface area contributed by atoms with Gasteiger partial charge in [0.25, 0.3) is 0 Å². The lowest BCUT2D eigenvalue weighted by molar-refractivity contribution is -0.161. The van der Waals surface area contributed by atoms with Crippen molar-refractivity contribution in [3.8, 4) is 0 Å². The number of rotatable bonds is 1. The molecule has 0 saturated heterocycles. The van der Waals surface area contributed by atoms with Crippen molar-refractivity contribution < 1.29 is 9.53 Å². The van der Waals surface area contributed by atoms with E-state index in [4.69, 9.17) is 4.74 Å². The summed E-state index contributed by atoms with van der Waals surface area (Å²) in [5.41, 5.74) is -0.103. The molecule has 2 rings (SSSR count). The molecule has 1 unspecified atom stereocenters. The lowest BCUT2D eigenvalue weighted by atomic mass is 10.1. The minimum Gasteiger partial charge on any atom is -0.460 e. The third-order valence-corrected chi connectivity index (χ3v) is 3.44. The lowest BCUT2D eigenvalue weighted by Gasteiger charge is -2.22. The standard InChI is InChI=1S/C11H18O2/c1-9(2,3)13-8(12)10(4)7-11(10)5-6-11/h5-7H2,1-4H3. The van der Waals surface area contributed by atoms with Crippen LogP contribution in [-0.4, -0.2) is 11.6 Å².